The van der Waals surface area contributed by atoms with Crippen molar-refractivity contribution in [1.29, 1.82) is 0 Å². The zero-order valence-electron chi connectivity index (χ0n) is 11.4. The average Bonchev–Trinajstić information content (AvgIpc) is 2.80. The average molecular weight is 268 g/mol. The quantitative estimate of drug-likeness (QED) is 0.799. The standard InChI is InChI=1S/C14H24N2OS/c1-12-10-16(11-13(2)17-12)8-7-15-6-5-14-4-3-9-18-14/h3-4,9,12-13,15H,5-8,10-11H2,1-2H3/t12-,13+. The number of morpholine rings is 1. The minimum absolute atomic E-state index is 0.375. The van der Waals surface area contributed by atoms with Gasteiger partial charge in [0.25, 0.3) is 0 Å². The number of hydrogen-bond acceptors (Lipinski definition) is 4. The van der Waals surface area contributed by atoms with E-state index < -0.39 is 0 Å². The van der Waals surface area contributed by atoms with E-state index in [1.807, 2.05) is 11.3 Å². The highest BCUT2D eigenvalue weighted by Crippen LogP contribution is 2.10. The molecule has 1 fully saturated rings. The van der Waals surface area contributed by atoms with Gasteiger partial charge in [-0.05, 0) is 31.7 Å². The van der Waals surface area contributed by atoms with Crippen LogP contribution in [0.2, 0.25) is 0 Å². The maximum absolute atomic E-state index is 5.73. The summed E-state index contributed by atoms with van der Waals surface area (Å²) in [5.74, 6) is 0. The Morgan fingerprint density at radius 2 is 2.11 bits per heavy atom. The summed E-state index contributed by atoms with van der Waals surface area (Å²) < 4.78 is 5.73. The predicted molar refractivity (Wildman–Crippen MR) is 77.3 cm³/mol. The Balaban J connectivity index is 1.55. The lowest BCUT2D eigenvalue weighted by Crippen LogP contribution is -2.47. The van der Waals surface area contributed by atoms with E-state index in [1.165, 1.54) is 4.88 Å². The minimum Gasteiger partial charge on any atom is -0.373 e. The Labute approximate surface area is 114 Å². The van der Waals surface area contributed by atoms with Crippen molar-refractivity contribution in [2.24, 2.45) is 0 Å². The van der Waals surface area contributed by atoms with Crippen molar-refractivity contribution in [1.82, 2.24) is 10.2 Å². The van der Waals surface area contributed by atoms with Crippen LogP contribution >= 0.6 is 11.3 Å². The maximum Gasteiger partial charge on any atom is 0.0678 e. The molecule has 0 spiro atoms. The Bertz CT molecular complexity index is 319. The fourth-order valence-corrected chi connectivity index (χ4v) is 3.20. The summed E-state index contributed by atoms with van der Waals surface area (Å²) >= 11 is 1.84. The van der Waals surface area contributed by atoms with Crippen molar-refractivity contribution in [2.45, 2.75) is 32.5 Å². The van der Waals surface area contributed by atoms with Gasteiger partial charge < -0.3 is 10.1 Å². The first-order valence-electron chi connectivity index (χ1n) is 6.85. The van der Waals surface area contributed by atoms with Crippen molar-refractivity contribution in [2.75, 3.05) is 32.7 Å². The zero-order chi connectivity index (χ0) is 12.8. The molecule has 2 atom stereocenters. The van der Waals surface area contributed by atoms with Gasteiger partial charge in [-0.2, -0.15) is 0 Å². The first kappa shape index (κ1) is 14.0. The Morgan fingerprint density at radius 1 is 1.33 bits per heavy atom. The fraction of sp³-hybridized carbons (Fsp3) is 0.714. The highest BCUT2D eigenvalue weighted by Gasteiger charge is 2.21. The summed E-state index contributed by atoms with van der Waals surface area (Å²) in [6.07, 6.45) is 1.90. The molecule has 0 radical (unpaired) electrons. The molecule has 0 aromatic carbocycles. The van der Waals surface area contributed by atoms with Crippen molar-refractivity contribution in [3.8, 4) is 0 Å². The van der Waals surface area contributed by atoms with E-state index in [0.29, 0.717) is 12.2 Å². The van der Waals surface area contributed by atoms with Crippen LogP contribution < -0.4 is 5.32 Å². The molecule has 1 saturated heterocycles. The normalized spacial score (nSPS) is 25.4. The molecule has 1 aliphatic rings. The van der Waals surface area contributed by atoms with Gasteiger partial charge in [0.05, 0.1) is 12.2 Å². The Morgan fingerprint density at radius 3 is 2.78 bits per heavy atom. The maximum atomic E-state index is 5.73. The lowest BCUT2D eigenvalue weighted by Gasteiger charge is -2.35. The van der Waals surface area contributed by atoms with Crippen molar-refractivity contribution in [3.05, 3.63) is 22.4 Å². The molecule has 1 aromatic rings. The van der Waals surface area contributed by atoms with Crippen LogP contribution in [0.25, 0.3) is 0 Å². The Hall–Kier alpha value is -0.420. The molecule has 18 heavy (non-hydrogen) atoms. The van der Waals surface area contributed by atoms with E-state index in [1.54, 1.807) is 0 Å². The van der Waals surface area contributed by atoms with Crippen LogP contribution in [-0.2, 0) is 11.2 Å². The first-order chi connectivity index (χ1) is 8.74. The minimum atomic E-state index is 0.375. The van der Waals surface area contributed by atoms with E-state index in [9.17, 15) is 0 Å². The van der Waals surface area contributed by atoms with Gasteiger partial charge in [-0.15, -0.1) is 11.3 Å². The second kappa shape index (κ2) is 7.24. The number of nitrogens with one attached hydrogen (secondary N) is 1. The molecule has 0 saturated carbocycles. The van der Waals surface area contributed by atoms with Gasteiger partial charge in [-0.25, -0.2) is 0 Å². The molecule has 1 N–H and O–H groups in total. The van der Waals surface area contributed by atoms with Crippen LogP contribution in [-0.4, -0.2) is 49.8 Å². The lowest BCUT2D eigenvalue weighted by molar-refractivity contribution is -0.0674. The number of nitrogens with zero attached hydrogens (tertiary/aromatic N) is 1. The smallest absolute Gasteiger partial charge is 0.0678 e. The van der Waals surface area contributed by atoms with Crippen LogP contribution in [0.3, 0.4) is 0 Å². The molecular formula is C14H24N2OS. The molecule has 2 heterocycles. The fourth-order valence-electron chi connectivity index (χ4n) is 2.50. The topological polar surface area (TPSA) is 24.5 Å². The third-order valence-electron chi connectivity index (χ3n) is 3.23. The molecule has 0 unspecified atom stereocenters. The zero-order valence-corrected chi connectivity index (χ0v) is 12.2. The molecule has 3 nitrogen and oxygen atoms in total. The third kappa shape index (κ3) is 4.69. The van der Waals surface area contributed by atoms with Crippen LogP contribution in [0.15, 0.2) is 17.5 Å². The van der Waals surface area contributed by atoms with Gasteiger partial charge in [-0.3, -0.25) is 4.90 Å². The van der Waals surface area contributed by atoms with Crippen molar-refractivity contribution >= 4 is 11.3 Å². The largest absolute Gasteiger partial charge is 0.373 e. The summed E-state index contributed by atoms with van der Waals surface area (Å²) in [5.41, 5.74) is 0. The van der Waals surface area contributed by atoms with Gasteiger partial charge in [0.2, 0.25) is 0 Å². The van der Waals surface area contributed by atoms with Crippen molar-refractivity contribution < 1.29 is 4.74 Å². The SMILES string of the molecule is C[C@@H]1CN(CCNCCc2cccs2)C[C@H](C)O1. The first-order valence-corrected chi connectivity index (χ1v) is 7.73. The molecule has 102 valence electrons. The molecule has 4 heteroatoms. The molecule has 1 aliphatic heterocycles. The van der Waals surface area contributed by atoms with Gasteiger partial charge in [0.15, 0.2) is 0 Å². The monoisotopic (exact) mass is 268 g/mol. The van der Waals surface area contributed by atoms with E-state index in [2.05, 4.69) is 41.6 Å². The molecule has 0 amide bonds. The van der Waals surface area contributed by atoms with Gasteiger partial charge in [0.1, 0.15) is 0 Å². The number of hydrogen-bond donors (Lipinski definition) is 1. The number of ether oxygens (including phenoxy) is 1. The molecule has 1 aromatic heterocycles. The lowest BCUT2D eigenvalue weighted by atomic mass is 10.2. The van der Waals surface area contributed by atoms with Crippen LogP contribution in [0, 0.1) is 0 Å². The van der Waals surface area contributed by atoms with Crippen LogP contribution in [0.5, 0.6) is 0 Å². The van der Waals surface area contributed by atoms with Crippen molar-refractivity contribution in [3.63, 3.8) is 0 Å². The number of thiophene rings is 1. The van der Waals surface area contributed by atoms with Gasteiger partial charge >= 0.3 is 0 Å². The Kier molecular flexibility index (Phi) is 5.63. The van der Waals surface area contributed by atoms with Gasteiger partial charge in [0, 0.05) is 37.6 Å². The molecule has 0 aliphatic carbocycles. The van der Waals surface area contributed by atoms with E-state index in [-0.39, 0.29) is 0 Å². The molecule has 2 rings (SSSR count). The van der Waals surface area contributed by atoms with Crippen LogP contribution in [0.1, 0.15) is 18.7 Å². The summed E-state index contributed by atoms with van der Waals surface area (Å²) in [4.78, 5) is 3.97. The summed E-state index contributed by atoms with van der Waals surface area (Å²) in [7, 11) is 0. The third-order valence-corrected chi connectivity index (χ3v) is 4.16. The number of rotatable bonds is 6. The van der Waals surface area contributed by atoms with E-state index in [0.717, 1.165) is 39.1 Å². The van der Waals surface area contributed by atoms with Crippen LogP contribution in [0.4, 0.5) is 0 Å². The molecule has 0 bridgehead atoms. The highest BCUT2D eigenvalue weighted by atomic mass is 32.1. The highest BCUT2D eigenvalue weighted by molar-refractivity contribution is 7.09. The van der Waals surface area contributed by atoms with E-state index in [4.69, 9.17) is 4.74 Å². The summed E-state index contributed by atoms with van der Waals surface area (Å²) in [5, 5.41) is 5.67. The molecular weight excluding hydrogens is 244 g/mol. The predicted octanol–water partition coefficient (Wildman–Crippen LogP) is 1.99. The summed E-state index contributed by atoms with van der Waals surface area (Å²) in [6.45, 7) is 9.73. The second-order valence-corrected chi connectivity index (χ2v) is 6.13. The van der Waals surface area contributed by atoms with Gasteiger partial charge in [-0.1, -0.05) is 6.07 Å². The van der Waals surface area contributed by atoms with E-state index >= 15 is 0 Å². The second-order valence-electron chi connectivity index (χ2n) is 5.10. The summed E-state index contributed by atoms with van der Waals surface area (Å²) in [6, 6.07) is 4.33.